The molecule has 0 unspecified atom stereocenters. The van der Waals surface area contributed by atoms with Gasteiger partial charge < -0.3 is 16.6 Å². The summed E-state index contributed by atoms with van der Waals surface area (Å²) in [5, 5.41) is 13.3. The van der Waals surface area contributed by atoms with Crippen LogP contribution in [0.5, 0.6) is 0 Å². The Labute approximate surface area is 108 Å². The van der Waals surface area contributed by atoms with Gasteiger partial charge in [0, 0.05) is 10.6 Å². The molecule has 0 saturated heterocycles. The number of carboxylic acids is 1. The Morgan fingerprint density at radius 1 is 1.44 bits per heavy atom. The van der Waals surface area contributed by atoms with Crippen LogP contribution >= 0.6 is 11.6 Å². The maximum Gasteiger partial charge on any atom is 0.308 e. The minimum absolute atomic E-state index is 0.106. The second-order valence-electron chi connectivity index (χ2n) is 3.71. The van der Waals surface area contributed by atoms with Gasteiger partial charge >= 0.3 is 5.97 Å². The molecule has 2 rings (SSSR count). The molecule has 5 N–H and O–H groups in total. The number of carbonyl (C=O) groups is 1. The normalized spacial score (nSPS) is 10.5. The number of nitrogens with zero attached hydrogens (tertiary/aromatic N) is 2. The summed E-state index contributed by atoms with van der Waals surface area (Å²) in [7, 11) is 0. The Bertz CT molecular complexity index is 609. The lowest BCUT2D eigenvalue weighted by molar-refractivity contribution is -0.136. The molecule has 0 spiro atoms. The van der Waals surface area contributed by atoms with Crippen LogP contribution in [-0.4, -0.2) is 20.9 Å². The number of anilines is 2. The highest BCUT2D eigenvalue weighted by atomic mass is 35.5. The van der Waals surface area contributed by atoms with Gasteiger partial charge in [0.15, 0.2) is 5.82 Å². The lowest BCUT2D eigenvalue weighted by Gasteiger charge is -2.04. The average Bonchev–Trinajstić information content (AvgIpc) is 2.56. The van der Waals surface area contributed by atoms with Crippen LogP contribution in [0.2, 0.25) is 5.02 Å². The summed E-state index contributed by atoms with van der Waals surface area (Å²) in [6.45, 7) is 0. The third-order valence-corrected chi connectivity index (χ3v) is 2.67. The Balaban J connectivity index is 2.50. The molecule has 0 atom stereocenters. The van der Waals surface area contributed by atoms with Crippen molar-refractivity contribution >= 4 is 29.2 Å². The highest BCUT2D eigenvalue weighted by Gasteiger charge is 2.17. The number of carboxylic acid groups (broad SMARTS) is 1. The molecular formula is C11H11ClN4O2. The van der Waals surface area contributed by atoms with Gasteiger partial charge in [-0.25, -0.2) is 4.68 Å². The van der Waals surface area contributed by atoms with E-state index in [1.54, 1.807) is 24.3 Å². The lowest BCUT2D eigenvalue weighted by atomic mass is 10.2. The average molecular weight is 267 g/mol. The first-order chi connectivity index (χ1) is 8.49. The maximum absolute atomic E-state index is 10.7. The van der Waals surface area contributed by atoms with Gasteiger partial charge in [0.2, 0.25) is 0 Å². The largest absolute Gasteiger partial charge is 0.481 e. The third-order valence-electron chi connectivity index (χ3n) is 2.44. The predicted octanol–water partition coefficient (Wildman–Crippen LogP) is 1.32. The fourth-order valence-corrected chi connectivity index (χ4v) is 1.80. The highest BCUT2D eigenvalue weighted by Crippen LogP contribution is 2.24. The van der Waals surface area contributed by atoms with Gasteiger partial charge in [-0.15, -0.1) is 5.10 Å². The van der Waals surface area contributed by atoms with E-state index in [1.165, 1.54) is 4.68 Å². The zero-order valence-corrected chi connectivity index (χ0v) is 10.1. The van der Waals surface area contributed by atoms with Gasteiger partial charge in [0.25, 0.3) is 0 Å². The Morgan fingerprint density at radius 3 is 2.78 bits per heavy atom. The van der Waals surface area contributed by atoms with Crippen LogP contribution in [0.4, 0.5) is 11.6 Å². The number of hydrogen-bond donors (Lipinski definition) is 3. The monoisotopic (exact) mass is 266 g/mol. The summed E-state index contributed by atoms with van der Waals surface area (Å²) in [5.41, 5.74) is 12.4. The van der Waals surface area contributed by atoms with Crippen molar-refractivity contribution in [3.8, 4) is 5.69 Å². The SMILES string of the molecule is Nc1nn(-c2cccc(Cl)c2)c(N)c1CC(=O)O. The second kappa shape index (κ2) is 4.58. The van der Waals surface area contributed by atoms with Crippen LogP contribution in [0, 0.1) is 0 Å². The molecule has 1 aromatic heterocycles. The summed E-state index contributed by atoms with van der Waals surface area (Å²) in [6.07, 6.45) is -0.266. The van der Waals surface area contributed by atoms with Crippen LogP contribution < -0.4 is 11.5 Å². The number of nitrogens with two attached hydrogens (primary N) is 2. The summed E-state index contributed by atoms with van der Waals surface area (Å²) in [4.78, 5) is 10.7. The predicted molar refractivity (Wildman–Crippen MR) is 68.7 cm³/mol. The zero-order valence-electron chi connectivity index (χ0n) is 9.30. The summed E-state index contributed by atoms with van der Waals surface area (Å²) < 4.78 is 1.37. The maximum atomic E-state index is 10.7. The van der Waals surface area contributed by atoms with E-state index in [9.17, 15) is 4.79 Å². The van der Waals surface area contributed by atoms with Crippen LogP contribution in [0.3, 0.4) is 0 Å². The van der Waals surface area contributed by atoms with Gasteiger partial charge in [-0.05, 0) is 18.2 Å². The van der Waals surface area contributed by atoms with Gasteiger partial charge in [0.05, 0.1) is 12.1 Å². The summed E-state index contributed by atoms with van der Waals surface area (Å²) in [5.74, 6) is -0.703. The second-order valence-corrected chi connectivity index (χ2v) is 4.15. The lowest BCUT2D eigenvalue weighted by Crippen LogP contribution is -2.06. The quantitative estimate of drug-likeness (QED) is 0.776. The van der Waals surface area contributed by atoms with Crippen molar-refractivity contribution in [3.63, 3.8) is 0 Å². The van der Waals surface area contributed by atoms with E-state index in [4.69, 9.17) is 28.2 Å². The van der Waals surface area contributed by atoms with Crippen LogP contribution in [0.1, 0.15) is 5.56 Å². The molecule has 0 saturated carbocycles. The van der Waals surface area contributed by atoms with E-state index in [-0.39, 0.29) is 18.1 Å². The highest BCUT2D eigenvalue weighted by molar-refractivity contribution is 6.30. The number of hydrogen-bond acceptors (Lipinski definition) is 4. The Hall–Kier alpha value is -2.21. The molecule has 94 valence electrons. The Kier molecular flexibility index (Phi) is 3.12. The smallest absolute Gasteiger partial charge is 0.308 e. The fourth-order valence-electron chi connectivity index (χ4n) is 1.62. The molecule has 0 aliphatic rings. The summed E-state index contributed by atoms with van der Waals surface area (Å²) in [6, 6.07) is 6.87. The Morgan fingerprint density at radius 2 is 2.17 bits per heavy atom. The van der Waals surface area contributed by atoms with Crippen LogP contribution in [0.15, 0.2) is 24.3 Å². The van der Waals surface area contributed by atoms with Crippen molar-refractivity contribution in [1.29, 1.82) is 0 Å². The molecule has 0 aliphatic heterocycles. The van der Waals surface area contributed by atoms with Crippen molar-refractivity contribution < 1.29 is 9.90 Å². The zero-order chi connectivity index (χ0) is 13.3. The molecule has 0 bridgehead atoms. The number of nitrogen functional groups attached to an aromatic ring is 2. The molecule has 0 fully saturated rings. The number of aromatic nitrogens is 2. The van der Waals surface area contributed by atoms with Crippen molar-refractivity contribution in [2.45, 2.75) is 6.42 Å². The van der Waals surface area contributed by atoms with Gasteiger partial charge in [0.1, 0.15) is 5.82 Å². The number of benzene rings is 1. The first kappa shape index (κ1) is 12.3. The molecule has 1 heterocycles. The third kappa shape index (κ3) is 2.23. The van der Waals surface area contributed by atoms with Gasteiger partial charge in [-0.3, -0.25) is 4.79 Å². The van der Waals surface area contributed by atoms with Crippen LogP contribution in [0.25, 0.3) is 5.69 Å². The number of rotatable bonds is 3. The van der Waals surface area contributed by atoms with Gasteiger partial charge in [-0.2, -0.15) is 0 Å². The van der Waals surface area contributed by atoms with Crippen molar-refractivity contribution in [3.05, 3.63) is 34.9 Å². The molecule has 0 radical (unpaired) electrons. The van der Waals surface area contributed by atoms with E-state index in [2.05, 4.69) is 5.10 Å². The minimum atomic E-state index is -1.01. The standard InChI is InChI=1S/C11H11ClN4O2/c12-6-2-1-3-7(4-6)16-11(14)8(5-9(17)18)10(13)15-16/h1-4H,5,14H2,(H2,13,15)(H,17,18). The van der Waals surface area contributed by atoms with E-state index >= 15 is 0 Å². The van der Waals surface area contributed by atoms with Crippen molar-refractivity contribution in [2.24, 2.45) is 0 Å². The van der Waals surface area contributed by atoms with Crippen molar-refractivity contribution in [1.82, 2.24) is 9.78 Å². The number of aliphatic carboxylic acids is 1. The van der Waals surface area contributed by atoms with Gasteiger partial charge in [-0.1, -0.05) is 17.7 Å². The van der Waals surface area contributed by atoms with E-state index in [1.807, 2.05) is 0 Å². The van der Waals surface area contributed by atoms with Crippen molar-refractivity contribution in [2.75, 3.05) is 11.5 Å². The molecule has 0 amide bonds. The molecule has 0 aliphatic carbocycles. The van der Waals surface area contributed by atoms with E-state index in [0.717, 1.165) is 0 Å². The minimum Gasteiger partial charge on any atom is -0.481 e. The molecule has 18 heavy (non-hydrogen) atoms. The first-order valence-corrected chi connectivity index (χ1v) is 5.47. The molecular weight excluding hydrogens is 256 g/mol. The molecule has 2 aromatic rings. The fraction of sp³-hybridized carbons (Fsp3) is 0.0909. The van der Waals surface area contributed by atoms with Crippen LogP contribution in [-0.2, 0) is 11.2 Å². The molecule has 1 aromatic carbocycles. The number of halogens is 1. The molecule has 6 nitrogen and oxygen atoms in total. The molecule has 7 heteroatoms. The summed E-state index contributed by atoms with van der Waals surface area (Å²) >= 11 is 5.87. The first-order valence-electron chi connectivity index (χ1n) is 5.09. The van der Waals surface area contributed by atoms with E-state index in [0.29, 0.717) is 16.3 Å². The van der Waals surface area contributed by atoms with E-state index < -0.39 is 5.97 Å². The topological polar surface area (TPSA) is 107 Å².